The predicted molar refractivity (Wildman–Crippen MR) is 68.1 cm³/mol. The van der Waals surface area contributed by atoms with Crippen molar-refractivity contribution in [1.82, 2.24) is 5.32 Å². The van der Waals surface area contributed by atoms with E-state index in [0.717, 1.165) is 4.47 Å². The minimum Gasteiger partial charge on any atom is -0.459 e. The molecule has 0 saturated heterocycles. The van der Waals surface area contributed by atoms with Crippen molar-refractivity contribution in [3.8, 4) is 0 Å². The molecule has 0 atom stereocenters. The summed E-state index contributed by atoms with van der Waals surface area (Å²) in [5.41, 5.74) is 0.452. The molecule has 0 radical (unpaired) electrons. The monoisotopic (exact) mass is 313 g/mol. The molecule has 0 spiro atoms. The van der Waals surface area contributed by atoms with Crippen LogP contribution in [0.5, 0.6) is 0 Å². The van der Waals surface area contributed by atoms with Crippen LogP contribution in [-0.4, -0.2) is 30.8 Å². The third-order valence-corrected chi connectivity index (χ3v) is 2.51. The number of rotatable bonds is 4. The predicted octanol–water partition coefficient (Wildman–Crippen LogP) is 1.31. The van der Waals surface area contributed by atoms with Gasteiger partial charge in [0.25, 0.3) is 0 Å². The lowest BCUT2D eigenvalue weighted by Gasteiger charge is -2.04. The van der Waals surface area contributed by atoms with Gasteiger partial charge in [0.2, 0.25) is 0 Å². The molecule has 18 heavy (non-hydrogen) atoms. The van der Waals surface area contributed by atoms with Gasteiger partial charge in [-0.1, -0.05) is 28.1 Å². The summed E-state index contributed by atoms with van der Waals surface area (Å²) in [5.74, 6) is -2.19. The Hall–Kier alpha value is -1.69. The second-order valence-electron chi connectivity index (χ2n) is 3.34. The molecular weight excluding hydrogens is 302 g/mol. The maximum atomic E-state index is 11.7. The zero-order valence-electron chi connectivity index (χ0n) is 9.73. The summed E-state index contributed by atoms with van der Waals surface area (Å²) in [5, 5.41) is 2.21. The van der Waals surface area contributed by atoms with Crippen LogP contribution >= 0.6 is 15.9 Å². The zero-order chi connectivity index (χ0) is 13.5. The number of ether oxygens (including phenoxy) is 1. The molecule has 0 aliphatic carbocycles. The van der Waals surface area contributed by atoms with Gasteiger partial charge in [-0.15, -0.1) is 0 Å². The molecule has 1 rings (SSSR count). The fourth-order valence-corrected chi connectivity index (χ4v) is 1.59. The molecular formula is C12H12BrNO4. The topological polar surface area (TPSA) is 72.5 Å². The van der Waals surface area contributed by atoms with Gasteiger partial charge in [0.05, 0.1) is 13.2 Å². The van der Waals surface area contributed by atoms with Crippen molar-refractivity contribution in [2.45, 2.75) is 6.92 Å². The Morgan fingerprint density at radius 2 is 2.06 bits per heavy atom. The Morgan fingerprint density at radius 1 is 1.33 bits per heavy atom. The molecule has 0 heterocycles. The Bertz CT molecular complexity index is 473. The summed E-state index contributed by atoms with van der Waals surface area (Å²) in [6.07, 6.45) is 0. The van der Waals surface area contributed by atoms with Gasteiger partial charge in [0.1, 0.15) is 0 Å². The SMILES string of the molecule is CCOC(=O)C(=O)NCC(=O)c1cccc(Br)c1. The van der Waals surface area contributed by atoms with E-state index in [4.69, 9.17) is 0 Å². The summed E-state index contributed by atoms with van der Waals surface area (Å²) < 4.78 is 5.26. The first-order valence-electron chi connectivity index (χ1n) is 5.28. The molecule has 5 nitrogen and oxygen atoms in total. The third kappa shape index (κ3) is 4.29. The highest BCUT2D eigenvalue weighted by Crippen LogP contribution is 2.11. The first-order valence-corrected chi connectivity index (χ1v) is 6.07. The number of ketones is 1. The van der Waals surface area contributed by atoms with Crippen LogP contribution in [0.3, 0.4) is 0 Å². The number of carbonyl (C=O) groups excluding carboxylic acids is 3. The Balaban J connectivity index is 2.51. The van der Waals surface area contributed by atoms with E-state index in [1.165, 1.54) is 0 Å². The molecule has 1 amide bonds. The van der Waals surface area contributed by atoms with E-state index in [0.29, 0.717) is 5.56 Å². The average Bonchev–Trinajstić information content (AvgIpc) is 2.35. The number of hydrogen-bond donors (Lipinski definition) is 1. The minimum atomic E-state index is -0.987. The van der Waals surface area contributed by atoms with Gasteiger partial charge in [0.15, 0.2) is 5.78 Å². The van der Waals surface area contributed by atoms with E-state index >= 15 is 0 Å². The maximum Gasteiger partial charge on any atom is 0.396 e. The summed E-state index contributed by atoms with van der Waals surface area (Å²) in [6.45, 7) is 1.47. The highest BCUT2D eigenvalue weighted by atomic mass is 79.9. The zero-order valence-corrected chi connectivity index (χ0v) is 11.3. The molecule has 1 aromatic carbocycles. The lowest BCUT2D eigenvalue weighted by molar-refractivity contribution is -0.154. The van der Waals surface area contributed by atoms with Crippen molar-refractivity contribution >= 4 is 33.6 Å². The van der Waals surface area contributed by atoms with Crippen LogP contribution in [0, 0.1) is 0 Å². The van der Waals surface area contributed by atoms with Crippen molar-refractivity contribution in [3.63, 3.8) is 0 Å². The number of esters is 1. The fraction of sp³-hybridized carbons (Fsp3) is 0.250. The highest BCUT2D eigenvalue weighted by Gasteiger charge is 2.16. The normalized spacial score (nSPS) is 9.67. The molecule has 0 aliphatic heterocycles. The van der Waals surface area contributed by atoms with Gasteiger partial charge in [-0.05, 0) is 19.1 Å². The van der Waals surface area contributed by atoms with E-state index in [-0.39, 0.29) is 18.9 Å². The molecule has 0 aliphatic rings. The van der Waals surface area contributed by atoms with Gasteiger partial charge < -0.3 is 10.1 Å². The van der Waals surface area contributed by atoms with Crippen LogP contribution in [0.15, 0.2) is 28.7 Å². The van der Waals surface area contributed by atoms with Gasteiger partial charge in [-0.25, -0.2) is 4.79 Å². The molecule has 0 unspecified atom stereocenters. The lowest BCUT2D eigenvalue weighted by Crippen LogP contribution is -2.36. The molecule has 1 aromatic rings. The van der Waals surface area contributed by atoms with E-state index < -0.39 is 11.9 Å². The van der Waals surface area contributed by atoms with Crippen LogP contribution in [0.25, 0.3) is 0 Å². The molecule has 0 aromatic heterocycles. The Morgan fingerprint density at radius 3 is 2.67 bits per heavy atom. The van der Waals surface area contributed by atoms with Crippen molar-refractivity contribution in [1.29, 1.82) is 0 Å². The Kier molecular flexibility index (Phi) is 5.51. The van der Waals surface area contributed by atoms with Crippen molar-refractivity contribution in [2.75, 3.05) is 13.2 Å². The quantitative estimate of drug-likeness (QED) is 0.517. The highest BCUT2D eigenvalue weighted by molar-refractivity contribution is 9.10. The van der Waals surface area contributed by atoms with Crippen LogP contribution in [0.4, 0.5) is 0 Å². The Labute approximate surface area is 113 Å². The lowest BCUT2D eigenvalue weighted by atomic mass is 10.1. The van der Waals surface area contributed by atoms with Crippen molar-refractivity contribution in [2.24, 2.45) is 0 Å². The molecule has 6 heteroatoms. The number of halogens is 1. The van der Waals surface area contributed by atoms with Crippen LogP contribution in [0.1, 0.15) is 17.3 Å². The number of Topliss-reactive ketones (excluding diaryl/α,β-unsaturated/α-hetero) is 1. The van der Waals surface area contributed by atoms with Crippen LogP contribution in [0.2, 0.25) is 0 Å². The molecule has 0 saturated carbocycles. The first-order chi connectivity index (χ1) is 8.54. The molecule has 1 N–H and O–H groups in total. The van der Waals surface area contributed by atoms with Gasteiger partial charge in [-0.3, -0.25) is 9.59 Å². The molecule has 0 fully saturated rings. The third-order valence-electron chi connectivity index (χ3n) is 2.02. The van der Waals surface area contributed by atoms with Crippen molar-refractivity contribution in [3.05, 3.63) is 34.3 Å². The molecule has 96 valence electrons. The second-order valence-corrected chi connectivity index (χ2v) is 4.25. The van der Waals surface area contributed by atoms with E-state index in [1.54, 1.807) is 31.2 Å². The summed E-state index contributed by atoms with van der Waals surface area (Å²) in [7, 11) is 0. The van der Waals surface area contributed by atoms with Gasteiger partial charge in [-0.2, -0.15) is 0 Å². The van der Waals surface area contributed by atoms with Gasteiger partial charge >= 0.3 is 11.9 Å². The largest absolute Gasteiger partial charge is 0.459 e. The summed E-state index contributed by atoms with van der Waals surface area (Å²) in [4.78, 5) is 33.9. The second kappa shape index (κ2) is 6.90. The number of nitrogens with one attached hydrogen (secondary N) is 1. The van der Waals surface area contributed by atoms with E-state index in [9.17, 15) is 14.4 Å². The minimum absolute atomic E-state index is 0.117. The average molecular weight is 314 g/mol. The smallest absolute Gasteiger partial charge is 0.396 e. The van der Waals surface area contributed by atoms with E-state index in [2.05, 4.69) is 26.0 Å². The number of hydrogen-bond acceptors (Lipinski definition) is 4. The van der Waals surface area contributed by atoms with E-state index in [1.807, 2.05) is 0 Å². The number of benzene rings is 1. The van der Waals surface area contributed by atoms with Crippen molar-refractivity contribution < 1.29 is 19.1 Å². The van der Waals surface area contributed by atoms with Crippen LogP contribution < -0.4 is 5.32 Å². The number of carbonyl (C=O) groups is 3. The standard InChI is InChI=1S/C12H12BrNO4/c1-2-18-12(17)11(16)14-7-10(15)8-4-3-5-9(13)6-8/h3-6H,2,7H2,1H3,(H,14,16). The number of amides is 1. The molecule has 0 bridgehead atoms. The summed E-state index contributed by atoms with van der Waals surface area (Å²) in [6, 6.07) is 6.76. The summed E-state index contributed by atoms with van der Waals surface area (Å²) >= 11 is 3.24. The first kappa shape index (κ1) is 14.4. The van der Waals surface area contributed by atoms with Crippen LogP contribution in [-0.2, 0) is 14.3 Å². The van der Waals surface area contributed by atoms with Gasteiger partial charge in [0, 0.05) is 10.0 Å². The fourth-order valence-electron chi connectivity index (χ4n) is 1.19. The maximum absolute atomic E-state index is 11.7.